The van der Waals surface area contributed by atoms with Crippen LogP contribution in [0, 0.1) is 11.6 Å². The topological polar surface area (TPSA) is 191 Å². The third-order valence-corrected chi connectivity index (χ3v) is 10.6. The molecule has 15 nitrogen and oxygen atoms in total. The summed E-state index contributed by atoms with van der Waals surface area (Å²) < 4.78 is 36.8. The van der Waals surface area contributed by atoms with E-state index in [1.165, 1.54) is 59.9 Å². The molecule has 6 aromatic carbocycles. The van der Waals surface area contributed by atoms with E-state index in [0.717, 1.165) is 53.1 Å². The van der Waals surface area contributed by atoms with Crippen molar-refractivity contribution >= 4 is 96.3 Å². The van der Waals surface area contributed by atoms with Crippen molar-refractivity contribution in [3.05, 3.63) is 168 Å². The number of nitrogens with one attached hydrogen (secondary N) is 7. The normalized spacial score (nSPS) is 11.8. The van der Waals surface area contributed by atoms with Gasteiger partial charge in [-0.15, -0.1) is 11.3 Å². The maximum absolute atomic E-state index is 12.8. The second-order valence-electron chi connectivity index (χ2n) is 14.5. The Bertz CT molecular complexity index is 2910. The van der Waals surface area contributed by atoms with Crippen molar-refractivity contribution in [1.29, 1.82) is 0 Å². The number of H-pyrrole nitrogens is 1. The van der Waals surface area contributed by atoms with Gasteiger partial charge < -0.3 is 51.3 Å². The summed E-state index contributed by atoms with van der Waals surface area (Å²) in [5.41, 5.74) is 8.95. The van der Waals surface area contributed by atoms with Crippen molar-refractivity contribution in [2.75, 3.05) is 69.7 Å². The molecular weight excluding hydrogens is 881 g/mol. The third-order valence-electron chi connectivity index (χ3n) is 9.76. The number of fused-ring (bicyclic) bond motifs is 2. The maximum Gasteiger partial charge on any atom is 0.338 e. The number of nitrogens with zero attached hydrogens (tertiary/aromatic N) is 2. The fourth-order valence-electron chi connectivity index (χ4n) is 6.49. The van der Waals surface area contributed by atoms with E-state index < -0.39 is 0 Å². The number of aromatic nitrogens is 2. The molecule has 0 saturated carbocycles. The standard InChI is InChI=1S/C18H17N3O3.C17H18FN3O2.C14H10FN3OS/c1-2-24-17(22)12-3-5-14(6-4-12)20-18(23)21-15-7-8-16-13(11-15)9-10-19-16;18-13-1-3-14(4-2-13)19-17(22)20-15-5-7-16(8-6-15)21-9-11-23-12-10-21;15-9-1-3-10(4-2-9)17-14(19)18-11-5-6-12-13(7-11)20-8-16-12/h3-11,19H,2H2,1H3,(H2,20,21,23);1-8H,9-12H2,(H2,19,20,22);1-8H,(H2,17,18,19). The van der Waals surface area contributed by atoms with E-state index in [2.05, 4.69) is 46.8 Å². The van der Waals surface area contributed by atoms with Gasteiger partial charge in [0.05, 0.1) is 41.1 Å². The van der Waals surface area contributed by atoms with Crippen LogP contribution in [-0.4, -0.2) is 66.9 Å². The van der Waals surface area contributed by atoms with Crippen molar-refractivity contribution in [3.8, 4) is 0 Å². The number of aromatic amines is 1. The number of hydrogen-bond acceptors (Lipinski definition) is 9. The average Bonchev–Trinajstić information content (AvgIpc) is 4.01. The molecule has 3 heterocycles. The van der Waals surface area contributed by atoms with Crippen LogP contribution in [0.1, 0.15) is 17.3 Å². The van der Waals surface area contributed by atoms with E-state index in [-0.39, 0.29) is 35.7 Å². The Labute approximate surface area is 387 Å². The Morgan fingerprint density at radius 2 is 1.10 bits per heavy atom. The molecule has 1 fully saturated rings. The lowest BCUT2D eigenvalue weighted by atomic mass is 10.2. The third kappa shape index (κ3) is 14.1. The van der Waals surface area contributed by atoms with Crippen LogP contribution in [0.2, 0.25) is 0 Å². The van der Waals surface area contributed by atoms with Gasteiger partial charge in [-0.25, -0.2) is 32.9 Å². The van der Waals surface area contributed by atoms with Crippen LogP contribution in [-0.2, 0) is 9.47 Å². The van der Waals surface area contributed by atoms with Gasteiger partial charge in [-0.2, -0.15) is 0 Å². The van der Waals surface area contributed by atoms with E-state index in [4.69, 9.17) is 9.47 Å². The smallest absolute Gasteiger partial charge is 0.338 e. The molecule has 8 aromatic rings. The number of carbonyl (C=O) groups excluding carboxylic acids is 4. The van der Waals surface area contributed by atoms with E-state index in [9.17, 15) is 28.0 Å². The van der Waals surface area contributed by atoms with Gasteiger partial charge in [0.2, 0.25) is 0 Å². The van der Waals surface area contributed by atoms with Crippen molar-refractivity contribution < 1.29 is 37.4 Å². The zero-order valence-corrected chi connectivity index (χ0v) is 36.8. The van der Waals surface area contributed by atoms with Gasteiger partial charge in [-0.05, 0) is 146 Å². The molecule has 0 atom stereocenters. The molecule has 6 amide bonds. The molecule has 0 radical (unpaired) electrons. The summed E-state index contributed by atoms with van der Waals surface area (Å²) in [7, 11) is 0. The first-order valence-corrected chi connectivity index (χ1v) is 21.8. The molecule has 1 aliphatic heterocycles. The highest BCUT2D eigenvalue weighted by atomic mass is 32.1. The highest BCUT2D eigenvalue weighted by Gasteiger charge is 2.12. The monoisotopic (exact) mass is 925 g/mol. The summed E-state index contributed by atoms with van der Waals surface area (Å²) >= 11 is 1.51. The molecule has 7 N–H and O–H groups in total. The van der Waals surface area contributed by atoms with Crippen LogP contribution >= 0.6 is 11.3 Å². The van der Waals surface area contributed by atoms with E-state index in [1.807, 2.05) is 66.9 Å². The predicted octanol–water partition coefficient (Wildman–Crippen LogP) is 11.4. The van der Waals surface area contributed by atoms with Gasteiger partial charge in [0, 0.05) is 70.0 Å². The summed E-state index contributed by atoms with van der Waals surface area (Å²) in [5, 5.41) is 17.3. The van der Waals surface area contributed by atoms with Crippen LogP contribution in [0.3, 0.4) is 0 Å². The zero-order valence-electron chi connectivity index (χ0n) is 36.0. The first kappa shape index (κ1) is 46.6. The summed E-state index contributed by atoms with van der Waals surface area (Å²) in [6, 6.07) is 37.3. The summed E-state index contributed by atoms with van der Waals surface area (Å²) in [4.78, 5) is 56.9. The second kappa shape index (κ2) is 23.0. The Kier molecular flexibility index (Phi) is 16.0. The summed E-state index contributed by atoms with van der Waals surface area (Å²) in [5.74, 6) is -1.06. The zero-order chi connectivity index (χ0) is 47.0. The van der Waals surface area contributed by atoms with Gasteiger partial charge in [-0.3, -0.25) is 0 Å². The molecular formula is C49H45F2N9O6S. The molecule has 9 rings (SSSR count). The number of ether oxygens (including phenoxy) is 2. The number of anilines is 7. The largest absolute Gasteiger partial charge is 0.462 e. The van der Waals surface area contributed by atoms with E-state index in [1.54, 1.807) is 42.8 Å². The number of amides is 6. The first-order chi connectivity index (χ1) is 32.6. The summed E-state index contributed by atoms with van der Waals surface area (Å²) in [6.45, 7) is 5.30. The van der Waals surface area contributed by atoms with Crippen molar-refractivity contribution in [3.63, 3.8) is 0 Å². The van der Waals surface area contributed by atoms with Crippen LogP contribution < -0.4 is 36.8 Å². The Morgan fingerprint density at radius 3 is 1.66 bits per heavy atom. The number of esters is 1. The number of thiazole rings is 1. The highest BCUT2D eigenvalue weighted by Crippen LogP contribution is 2.23. The van der Waals surface area contributed by atoms with Crippen LogP contribution in [0.5, 0.6) is 0 Å². The van der Waals surface area contributed by atoms with E-state index >= 15 is 0 Å². The minimum atomic E-state index is -0.381. The SMILES string of the molecule is CCOC(=O)c1ccc(NC(=O)Nc2ccc3[nH]ccc3c2)cc1.O=C(Nc1ccc(F)cc1)Nc1ccc(N2CCOCC2)cc1.O=C(Nc1ccc(F)cc1)Nc1ccc2ncsc2c1. The van der Waals surface area contributed by atoms with Gasteiger partial charge in [0.1, 0.15) is 11.6 Å². The van der Waals surface area contributed by atoms with Crippen LogP contribution in [0.4, 0.5) is 63.0 Å². The average molecular weight is 926 g/mol. The van der Waals surface area contributed by atoms with E-state index in [0.29, 0.717) is 46.3 Å². The fourth-order valence-corrected chi connectivity index (χ4v) is 7.21. The first-order valence-electron chi connectivity index (χ1n) is 20.9. The van der Waals surface area contributed by atoms with Gasteiger partial charge in [-0.1, -0.05) is 0 Å². The van der Waals surface area contributed by atoms with Crippen molar-refractivity contribution in [2.24, 2.45) is 0 Å². The molecule has 0 bridgehead atoms. The predicted molar refractivity (Wildman–Crippen MR) is 261 cm³/mol. The van der Waals surface area contributed by atoms with Crippen LogP contribution in [0.15, 0.2) is 151 Å². The van der Waals surface area contributed by atoms with Gasteiger partial charge in [0.25, 0.3) is 0 Å². The number of morpholine rings is 1. The Hall–Kier alpha value is -8.35. The second-order valence-corrected chi connectivity index (χ2v) is 15.4. The maximum atomic E-state index is 12.8. The molecule has 0 spiro atoms. The van der Waals surface area contributed by atoms with Gasteiger partial charge >= 0.3 is 24.1 Å². The quantitative estimate of drug-likeness (QED) is 0.0696. The van der Waals surface area contributed by atoms with Crippen LogP contribution in [0.25, 0.3) is 21.1 Å². The number of hydrogen-bond donors (Lipinski definition) is 7. The lowest BCUT2D eigenvalue weighted by Gasteiger charge is -2.28. The molecule has 342 valence electrons. The van der Waals surface area contributed by atoms with Crippen molar-refractivity contribution in [2.45, 2.75) is 6.92 Å². The van der Waals surface area contributed by atoms with Gasteiger partial charge in [0.15, 0.2) is 0 Å². The van der Waals surface area contributed by atoms with Crippen molar-refractivity contribution in [1.82, 2.24) is 9.97 Å². The molecule has 2 aromatic heterocycles. The fraction of sp³-hybridized carbons (Fsp3) is 0.122. The number of rotatable bonds is 9. The minimum Gasteiger partial charge on any atom is -0.462 e. The highest BCUT2D eigenvalue weighted by molar-refractivity contribution is 7.16. The number of urea groups is 3. The molecule has 0 aliphatic carbocycles. The Morgan fingerprint density at radius 1 is 0.627 bits per heavy atom. The molecule has 1 saturated heterocycles. The lowest BCUT2D eigenvalue weighted by molar-refractivity contribution is 0.0526. The molecule has 1 aliphatic rings. The number of benzene rings is 6. The minimum absolute atomic E-state index is 0.326. The summed E-state index contributed by atoms with van der Waals surface area (Å²) in [6.07, 6.45) is 1.85. The lowest BCUT2D eigenvalue weighted by Crippen LogP contribution is -2.36. The molecule has 0 unspecified atom stereocenters. The number of halogens is 2. The molecule has 18 heteroatoms. The molecule has 67 heavy (non-hydrogen) atoms. The Balaban J connectivity index is 0.000000150. The number of carbonyl (C=O) groups is 4.